The molecule has 178 valence electrons. The Morgan fingerprint density at radius 1 is 1.00 bits per heavy atom. The monoisotopic (exact) mass is 485 g/mol. The van der Waals surface area contributed by atoms with Crippen LogP contribution < -0.4 is 0 Å². The van der Waals surface area contributed by atoms with Crippen molar-refractivity contribution < 1.29 is 4.79 Å². The summed E-state index contributed by atoms with van der Waals surface area (Å²) in [5.41, 5.74) is 4.02. The zero-order valence-corrected chi connectivity index (χ0v) is 20.5. The Bertz CT molecular complexity index is 1270. The third-order valence-corrected chi connectivity index (χ3v) is 6.84. The molecule has 1 saturated heterocycles. The molecule has 0 unspecified atom stereocenters. The number of likely N-dealkylation sites (tertiary alicyclic amines) is 1. The summed E-state index contributed by atoms with van der Waals surface area (Å²) >= 11 is 6.11. The molecule has 0 radical (unpaired) electrons. The highest BCUT2D eigenvalue weighted by Gasteiger charge is 2.35. The highest BCUT2D eigenvalue weighted by molar-refractivity contribution is 6.30. The third kappa shape index (κ3) is 4.98. The van der Waals surface area contributed by atoms with Crippen LogP contribution in [-0.4, -0.2) is 37.1 Å². The van der Waals surface area contributed by atoms with Crippen LogP contribution in [0, 0.1) is 0 Å². The first kappa shape index (κ1) is 23.2. The van der Waals surface area contributed by atoms with Crippen LogP contribution in [0.25, 0.3) is 17.2 Å². The summed E-state index contributed by atoms with van der Waals surface area (Å²) in [6.45, 7) is 2.69. The lowest BCUT2D eigenvalue weighted by atomic mass is 9.86. The van der Waals surface area contributed by atoms with E-state index in [4.69, 9.17) is 16.7 Å². The number of amides is 1. The summed E-state index contributed by atoms with van der Waals surface area (Å²) in [7, 11) is 0. The van der Waals surface area contributed by atoms with E-state index in [1.807, 2.05) is 47.1 Å². The minimum atomic E-state index is 0.0894. The lowest BCUT2D eigenvalue weighted by Gasteiger charge is -2.40. The first-order valence-electron chi connectivity index (χ1n) is 12.1. The fourth-order valence-corrected chi connectivity index (χ4v) is 5.00. The van der Waals surface area contributed by atoms with Gasteiger partial charge in [-0.05, 0) is 49.1 Å². The van der Waals surface area contributed by atoms with Crippen LogP contribution in [0.5, 0.6) is 0 Å². The van der Waals surface area contributed by atoms with Gasteiger partial charge < -0.3 is 4.90 Å². The van der Waals surface area contributed by atoms with Crippen molar-refractivity contribution in [1.82, 2.24) is 24.6 Å². The number of aromatic nitrogens is 4. The van der Waals surface area contributed by atoms with Gasteiger partial charge in [0.1, 0.15) is 0 Å². The van der Waals surface area contributed by atoms with E-state index in [9.17, 15) is 4.79 Å². The normalized spacial score (nSPS) is 17.9. The number of piperidine rings is 1. The molecule has 1 aliphatic rings. The van der Waals surface area contributed by atoms with E-state index in [0.717, 1.165) is 36.2 Å². The van der Waals surface area contributed by atoms with Gasteiger partial charge in [-0.3, -0.25) is 4.79 Å². The Morgan fingerprint density at radius 2 is 1.74 bits per heavy atom. The predicted molar refractivity (Wildman–Crippen MR) is 137 cm³/mol. The van der Waals surface area contributed by atoms with Gasteiger partial charge in [-0.25, -0.2) is 14.6 Å². The van der Waals surface area contributed by atoms with E-state index in [0.29, 0.717) is 23.9 Å². The summed E-state index contributed by atoms with van der Waals surface area (Å²) in [5.74, 6) is 0.846. The molecular weight excluding hydrogens is 458 g/mol. The lowest BCUT2D eigenvalue weighted by molar-refractivity contribution is -0.135. The van der Waals surface area contributed by atoms with Crippen LogP contribution in [0.4, 0.5) is 0 Å². The lowest BCUT2D eigenvalue weighted by Crippen LogP contribution is -2.41. The molecule has 2 aromatic heterocycles. The van der Waals surface area contributed by atoms with Gasteiger partial charge in [-0.15, -0.1) is 0 Å². The maximum atomic E-state index is 13.2. The minimum Gasteiger partial charge on any atom is -0.335 e. The summed E-state index contributed by atoms with van der Waals surface area (Å²) in [5, 5.41) is 5.57. The van der Waals surface area contributed by atoms with Gasteiger partial charge in [0.2, 0.25) is 5.91 Å². The number of hydrogen-bond donors (Lipinski definition) is 0. The van der Waals surface area contributed by atoms with Crippen molar-refractivity contribution in [2.24, 2.45) is 0 Å². The summed E-state index contributed by atoms with van der Waals surface area (Å²) in [4.78, 5) is 24.2. The van der Waals surface area contributed by atoms with Gasteiger partial charge in [-0.2, -0.15) is 5.10 Å². The first-order chi connectivity index (χ1) is 17.1. The standard InChI is InChI=1S/C28H28ClN5O/c1-2-7-27(35)33-19-22(12-15-25(33)21-8-4-3-5-9-21)26-18-24(20-10-13-23(29)14-11-20)32-34(26)28-30-16-6-17-31-28/h3-6,8-11,13-14,16-18,22,25H,2,7,12,15,19H2,1H3/t22-,25+/m0/s1. The van der Waals surface area contributed by atoms with Crippen molar-refractivity contribution in [3.63, 3.8) is 0 Å². The number of nitrogens with zero attached hydrogens (tertiary/aromatic N) is 5. The maximum absolute atomic E-state index is 13.2. The molecule has 2 atom stereocenters. The molecule has 7 heteroatoms. The molecule has 5 rings (SSSR count). The third-order valence-electron chi connectivity index (χ3n) is 6.59. The minimum absolute atomic E-state index is 0.0894. The Hall–Kier alpha value is -3.51. The number of rotatable bonds is 6. The zero-order valence-electron chi connectivity index (χ0n) is 19.7. The summed E-state index contributed by atoms with van der Waals surface area (Å²) < 4.78 is 1.83. The van der Waals surface area contributed by atoms with Gasteiger partial charge in [-0.1, -0.05) is 61.0 Å². The number of halogens is 1. The van der Waals surface area contributed by atoms with E-state index in [1.54, 1.807) is 18.5 Å². The van der Waals surface area contributed by atoms with E-state index >= 15 is 0 Å². The van der Waals surface area contributed by atoms with E-state index < -0.39 is 0 Å². The molecule has 0 aliphatic carbocycles. The Labute approximate surface area is 210 Å². The number of hydrogen-bond acceptors (Lipinski definition) is 4. The highest BCUT2D eigenvalue weighted by atomic mass is 35.5. The largest absolute Gasteiger partial charge is 0.335 e. The molecular formula is C28H28ClN5O. The molecule has 1 aliphatic heterocycles. The van der Waals surface area contributed by atoms with E-state index in [2.05, 4.69) is 40.0 Å². The van der Waals surface area contributed by atoms with Crippen LogP contribution >= 0.6 is 11.6 Å². The second kappa shape index (κ2) is 10.4. The summed E-state index contributed by atoms with van der Waals surface area (Å²) in [6, 6.07) is 22.0. The first-order valence-corrected chi connectivity index (χ1v) is 12.5. The summed E-state index contributed by atoms with van der Waals surface area (Å²) in [6.07, 6.45) is 6.65. The molecule has 3 heterocycles. The Kier molecular flexibility index (Phi) is 6.91. The average Bonchev–Trinajstić information content (AvgIpc) is 3.35. The van der Waals surface area contributed by atoms with Crippen LogP contribution in [0.3, 0.4) is 0 Å². The topological polar surface area (TPSA) is 63.9 Å². The van der Waals surface area contributed by atoms with E-state index in [1.165, 1.54) is 5.56 Å². The second-order valence-electron chi connectivity index (χ2n) is 8.92. The molecule has 35 heavy (non-hydrogen) atoms. The molecule has 1 amide bonds. The van der Waals surface area contributed by atoms with Crippen molar-refractivity contribution in [1.29, 1.82) is 0 Å². The van der Waals surface area contributed by atoms with Gasteiger partial charge in [0.25, 0.3) is 5.95 Å². The van der Waals surface area contributed by atoms with Crippen molar-refractivity contribution in [3.05, 3.63) is 95.4 Å². The smallest absolute Gasteiger partial charge is 0.250 e. The van der Waals surface area contributed by atoms with Crippen molar-refractivity contribution in [2.75, 3.05) is 6.54 Å². The van der Waals surface area contributed by atoms with Gasteiger partial charge >= 0.3 is 0 Å². The molecule has 4 aromatic rings. The fourth-order valence-electron chi connectivity index (χ4n) is 4.88. The molecule has 0 saturated carbocycles. The van der Waals surface area contributed by atoms with Gasteiger partial charge in [0.05, 0.1) is 17.4 Å². The van der Waals surface area contributed by atoms with Crippen molar-refractivity contribution in [2.45, 2.75) is 44.6 Å². The maximum Gasteiger partial charge on any atom is 0.250 e. The molecule has 2 aromatic carbocycles. The zero-order chi connectivity index (χ0) is 24.2. The van der Waals surface area contributed by atoms with Gasteiger partial charge in [0, 0.05) is 41.9 Å². The molecule has 0 spiro atoms. The van der Waals surface area contributed by atoms with Gasteiger partial charge in [0.15, 0.2) is 0 Å². The Balaban J connectivity index is 1.53. The predicted octanol–water partition coefficient (Wildman–Crippen LogP) is 6.23. The molecule has 0 N–H and O–H groups in total. The average molecular weight is 486 g/mol. The highest BCUT2D eigenvalue weighted by Crippen LogP contribution is 2.39. The van der Waals surface area contributed by atoms with Crippen molar-refractivity contribution in [3.8, 4) is 17.2 Å². The Morgan fingerprint density at radius 3 is 2.46 bits per heavy atom. The fraction of sp³-hybridized carbons (Fsp3) is 0.286. The molecule has 1 fully saturated rings. The van der Waals surface area contributed by atoms with Crippen LogP contribution in [-0.2, 0) is 4.79 Å². The SMILES string of the molecule is CCCC(=O)N1C[C@@H](c2cc(-c3ccc(Cl)cc3)nn2-c2ncccn2)CC[C@@H]1c1ccccc1. The number of carbonyl (C=O) groups is 1. The van der Waals surface area contributed by atoms with Crippen LogP contribution in [0.15, 0.2) is 79.1 Å². The number of carbonyl (C=O) groups excluding carboxylic acids is 1. The van der Waals surface area contributed by atoms with Crippen LogP contribution in [0.1, 0.15) is 55.8 Å². The quantitative estimate of drug-likeness (QED) is 0.324. The van der Waals surface area contributed by atoms with Crippen molar-refractivity contribution >= 4 is 17.5 Å². The van der Waals surface area contributed by atoms with Crippen LogP contribution in [0.2, 0.25) is 5.02 Å². The molecule has 6 nitrogen and oxygen atoms in total. The molecule has 0 bridgehead atoms. The van der Waals surface area contributed by atoms with E-state index in [-0.39, 0.29) is 17.9 Å². The second-order valence-corrected chi connectivity index (χ2v) is 9.36. The number of benzene rings is 2.